The molecule has 1 saturated heterocycles. The van der Waals surface area contributed by atoms with Crippen LogP contribution in [-0.2, 0) is 29.1 Å². The molecule has 1 aliphatic carbocycles. The fourth-order valence-corrected chi connectivity index (χ4v) is 6.26. The monoisotopic (exact) mass is 484 g/mol. The van der Waals surface area contributed by atoms with E-state index < -0.39 is 0 Å². The van der Waals surface area contributed by atoms with Gasteiger partial charge in [0.1, 0.15) is 0 Å². The highest BCUT2D eigenvalue weighted by Gasteiger charge is 2.45. The Balaban J connectivity index is 1.35. The number of amides is 2. The van der Waals surface area contributed by atoms with Crippen LogP contribution in [-0.4, -0.2) is 47.3 Å². The SMILES string of the molecule is N#Cc1ccc(CN2CCCCCCNC(=O)C3CC(C(=O)N4CCc5ccccc5C4)CC32)cc1. The molecule has 3 aliphatic rings. The largest absolute Gasteiger partial charge is 0.356 e. The lowest BCUT2D eigenvalue weighted by Gasteiger charge is -2.33. The highest BCUT2D eigenvalue weighted by molar-refractivity contribution is 5.84. The highest BCUT2D eigenvalue weighted by Crippen LogP contribution is 2.38. The molecule has 1 saturated carbocycles. The number of fused-ring (bicyclic) bond motifs is 2. The number of nitriles is 1. The van der Waals surface area contributed by atoms with Crippen molar-refractivity contribution in [3.63, 3.8) is 0 Å². The molecule has 3 unspecified atom stereocenters. The summed E-state index contributed by atoms with van der Waals surface area (Å²) in [5.74, 6) is 0.0103. The fraction of sp³-hybridized carbons (Fsp3) is 0.500. The third-order valence-electron chi connectivity index (χ3n) is 8.27. The van der Waals surface area contributed by atoms with E-state index in [1.54, 1.807) is 0 Å². The molecule has 2 aliphatic heterocycles. The quantitative estimate of drug-likeness (QED) is 0.714. The van der Waals surface area contributed by atoms with E-state index in [0.29, 0.717) is 18.5 Å². The van der Waals surface area contributed by atoms with Crippen molar-refractivity contribution in [2.24, 2.45) is 11.8 Å². The summed E-state index contributed by atoms with van der Waals surface area (Å²) < 4.78 is 0. The van der Waals surface area contributed by atoms with Crippen molar-refractivity contribution in [1.29, 1.82) is 5.26 Å². The summed E-state index contributed by atoms with van der Waals surface area (Å²) in [5.41, 5.74) is 4.38. The summed E-state index contributed by atoms with van der Waals surface area (Å²) in [6.45, 7) is 3.80. The number of carbonyl (C=O) groups excluding carboxylic acids is 2. The first-order valence-corrected chi connectivity index (χ1v) is 13.5. The van der Waals surface area contributed by atoms with E-state index in [2.05, 4.69) is 34.5 Å². The molecule has 6 heteroatoms. The molecule has 0 spiro atoms. The van der Waals surface area contributed by atoms with Gasteiger partial charge in [0.25, 0.3) is 0 Å². The first-order valence-electron chi connectivity index (χ1n) is 13.5. The number of rotatable bonds is 3. The molecule has 2 amide bonds. The van der Waals surface area contributed by atoms with Gasteiger partial charge in [-0.25, -0.2) is 0 Å². The number of hydrogen-bond acceptors (Lipinski definition) is 4. The molecular formula is C30H36N4O2. The van der Waals surface area contributed by atoms with Crippen molar-refractivity contribution < 1.29 is 9.59 Å². The van der Waals surface area contributed by atoms with Crippen LogP contribution in [0.25, 0.3) is 0 Å². The summed E-state index contributed by atoms with van der Waals surface area (Å²) in [5, 5.41) is 12.3. The first-order chi connectivity index (χ1) is 17.6. The molecule has 2 aromatic rings. The Hall–Kier alpha value is -3.17. The molecule has 2 fully saturated rings. The van der Waals surface area contributed by atoms with Crippen molar-refractivity contribution in [2.75, 3.05) is 19.6 Å². The van der Waals surface area contributed by atoms with Gasteiger partial charge in [-0.1, -0.05) is 49.2 Å². The lowest BCUT2D eigenvalue weighted by Crippen LogP contribution is -2.44. The third-order valence-corrected chi connectivity index (χ3v) is 8.27. The van der Waals surface area contributed by atoms with Gasteiger partial charge >= 0.3 is 0 Å². The van der Waals surface area contributed by atoms with Crippen LogP contribution in [0.5, 0.6) is 0 Å². The van der Waals surface area contributed by atoms with Crippen molar-refractivity contribution in [2.45, 2.75) is 64.1 Å². The van der Waals surface area contributed by atoms with Crippen molar-refractivity contribution in [3.8, 4) is 6.07 Å². The van der Waals surface area contributed by atoms with E-state index in [4.69, 9.17) is 5.26 Å². The summed E-state index contributed by atoms with van der Waals surface area (Å²) in [6, 6.07) is 18.4. The van der Waals surface area contributed by atoms with Crippen LogP contribution in [0.3, 0.4) is 0 Å². The van der Waals surface area contributed by atoms with Gasteiger partial charge in [0.2, 0.25) is 11.8 Å². The molecule has 1 N–H and O–H groups in total. The van der Waals surface area contributed by atoms with E-state index in [9.17, 15) is 9.59 Å². The van der Waals surface area contributed by atoms with Crippen molar-refractivity contribution >= 4 is 11.8 Å². The van der Waals surface area contributed by atoms with Crippen molar-refractivity contribution in [3.05, 3.63) is 70.8 Å². The number of benzene rings is 2. The Morgan fingerprint density at radius 2 is 1.75 bits per heavy atom. The van der Waals surface area contributed by atoms with Crippen LogP contribution in [0.2, 0.25) is 0 Å². The molecule has 0 aromatic heterocycles. The standard InChI is InChI=1S/C30H36N4O2/c31-19-22-9-11-23(12-10-22)20-33-15-6-2-1-5-14-32-29(35)27-17-26(18-28(27)33)30(36)34-16-13-24-7-3-4-8-25(24)21-34/h3-4,7-12,26-28H,1-2,5-6,13-18,20-21H2,(H,32,35). The zero-order valence-corrected chi connectivity index (χ0v) is 21.0. The fourth-order valence-electron chi connectivity index (χ4n) is 6.26. The van der Waals surface area contributed by atoms with Gasteiger partial charge in [0.05, 0.1) is 17.6 Å². The van der Waals surface area contributed by atoms with Crippen LogP contribution < -0.4 is 5.32 Å². The summed E-state index contributed by atoms with van der Waals surface area (Å²) in [7, 11) is 0. The van der Waals surface area contributed by atoms with Crippen LogP contribution in [0.15, 0.2) is 48.5 Å². The molecule has 3 atom stereocenters. The number of hydrogen-bond donors (Lipinski definition) is 1. The van der Waals surface area contributed by atoms with Gasteiger partial charge in [0.15, 0.2) is 0 Å². The van der Waals surface area contributed by atoms with Gasteiger partial charge in [-0.15, -0.1) is 0 Å². The molecule has 0 bridgehead atoms. The second-order valence-electron chi connectivity index (χ2n) is 10.6. The third kappa shape index (κ3) is 5.47. The Labute approximate surface area is 214 Å². The zero-order valence-electron chi connectivity index (χ0n) is 21.0. The smallest absolute Gasteiger partial charge is 0.226 e. The van der Waals surface area contributed by atoms with Crippen molar-refractivity contribution in [1.82, 2.24) is 15.1 Å². The Morgan fingerprint density at radius 1 is 0.972 bits per heavy atom. The Kier molecular flexibility index (Phi) is 7.67. The zero-order chi connectivity index (χ0) is 24.9. The van der Waals surface area contributed by atoms with Gasteiger partial charge < -0.3 is 10.2 Å². The van der Waals surface area contributed by atoms with E-state index in [-0.39, 0.29) is 29.7 Å². The Morgan fingerprint density at radius 3 is 2.56 bits per heavy atom. The second-order valence-corrected chi connectivity index (χ2v) is 10.6. The van der Waals surface area contributed by atoms with E-state index in [0.717, 1.165) is 70.3 Å². The molecule has 2 aromatic carbocycles. The van der Waals surface area contributed by atoms with Crippen LogP contribution >= 0.6 is 0 Å². The minimum absolute atomic E-state index is 0.0461. The molecule has 188 valence electrons. The van der Waals surface area contributed by atoms with Gasteiger partial charge in [-0.3, -0.25) is 14.5 Å². The maximum absolute atomic E-state index is 13.7. The summed E-state index contributed by atoms with van der Waals surface area (Å²) >= 11 is 0. The highest BCUT2D eigenvalue weighted by atomic mass is 16.2. The molecule has 2 heterocycles. The van der Waals surface area contributed by atoms with E-state index in [1.165, 1.54) is 11.1 Å². The Bertz CT molecular complexity index is 1120. The topological polar surface area (TPSA) is 76.4 Å². The van der Waals surface area contributed by atoms with Gasteiger partial charge in [-0.2, -0.15) is 5.26 Å². The molecule has 6 nitrogen and oxygen atoms in total. The predicted octanol–water partition coefficient (Wildman–Crippen LogP) is 4.03. The molecule has 0 radical (unpaired) electrons. The first kappa shape index (κ1) is 24.5. The average Bonchev–Trinajstić information content (AvgIpc) is 3.36. The van der Waals surface area contributed by atoms with Gasteiger partial charge in [0, 0.05) is 38.1 Å². The maximum Gasteiger partial charge on any atom is 0.226 e. The van der Waals surface area contributed by atoms with Crippen LogP contribution in [0.4, 0.5) is 0 Å². The van der Waals surface area contributed by atoms with E-state index in [1.807, 2.05) is 35.2 Å². The van der Waals surface area contributed by atoms with Gasteiger partial charge in [-0.05, 0) is 67.5 Å². The minimum Gasteiger partial charge on any atom is -0.356 e. The molecule has 5 rings (SSSR count). The minimum atomic E-state index is -0.174. The summed E-state index contributed by atoms with van der Waals surface area (Å²) in [4.78, 5) is 31.5. The molecule has 36 heavy (non-hydrogen) atoms. The maximum atomic E-state index is 13.7. The number of carbonyl (C=O) groups is 2. The van der Waals surface area contributed by atoms with E-state index >= 15 is 0 Å². The lowest BCUT2D eigenvalue weighted by molar-refractivity contribution is -0.136. The average molecular weight is 485 g/mol. The molecular weight excluding hydrogens is 448 g/mol. The van der Waals surface area contributed by atoms with Crippen LogP contribution in [0, 0.1) is 23.2 Å². The number of nitrogens with one attached hydrogen (secondary N) is 1. The summed E-state index contributed by atoms with van der Waals surface area (Å²) in [6.07, 6.45) is 6.61. The second kappa shape index (κ2) is 11.3. The normalized spacial score (nSPS) is 25.1. The predicted molar refractivity (Wildman–Crippen MR) is 139 cm³/mol. The van der Waals surface area contributed by atoms with Crippen LogP contribution in [0.1, 0.15) is 60.8 Å². The number of nitrogens with zero attached hydrogens (tertiary/aromatic N) is 3. The lowest BCUT2D eigenvalue weighted by atomic mass is 9.97.